The highest BCUT2D eigenvalue weighted by atomic mass is 35.5. The van der Waals surface area contributed by atoms with E-state index in [0.29, 0.717) is 10.9 Å². The average Bonchev–Trinajstić information content (AvgIpc) is 2.42. The summed E-state index contributed by atoms with van der Waals surface area (Å²) in [5.41, 5.74) is 1.92. The minimum atomic E-state index is -0.507. The number of halogens is 2. The van der Waals surface area contributed by atoms with Crippen molar-refractivity contribution < 1.29 is 4.39 Å². The molecule has 0 spiro atoms. The van der Waals surface area contributed by atoms with Crippen LogP contribution in [0.1, 0.15) is 11.1 Å². The second-order valence-electron chi connectivity index (χ2n) is 5.00. The summed E-state index contributed by atoms with van der Waals surface area (Å²) in [4.78, 5) is 16.8. The number of rotatable bonds is 1. The lowest BCUT2D eigenvalue weighted by atomic mass is 10.1. The van der Waals surface area contributed by atoms with E-state index in [9.17, 15) is 9.18 Å². The fraction of sp³-hybridized carbons (Fsp3) is 0.125. The third kappa shape index (κ3) is 2.32. The van der Waals surface area contributed by atoms with Gasteiger partial charge in [0, 0.05) is 0 Å². The summed E-state index contributed by atoms with van der Waals surface area (Å²) in [7, 11) is 0. The molecule has 0 aliphatic heterocycles. The third-order valence-electron chi connectivity index (χ3n) is 3.33. The van der Waals surface area contributed by atoms with Crippen molar-refractivity contribution in [3.63, 3.8) is 0 Å². The molecule has 0 N–H and O–H groups in total. The lowest BCUT2D eigenvalue weighted by molar-refractivity contribution is 0.614. The van der Waals surface area contributed by atoms with Gasteiger partial charge < -0.3 is 0 Å². The Morgan fingerprint density at radius 2 is 1.76 bits per heavy atom. The lowest BCUT2D eigenvalue weighted by Gasteiger charge is -2.11. The van der Waals surface area contributed by atoms with Gasteiger partial charge in [0.25, 0.3) is 5.56 Å². The van der Waals surface area contributed by atoms with Gasteiger partial charge in [0.05, 0.1) is 16.6 Å². The van der Waals surface area contributed by atoms with Gasteiger partial charge in [0.1, 0.15) is 5.82 Å². The Hall–Kier alpha value is -2.20. The first kappa shape index (κ1) is 13.8. The van der Waals surface area contributed by atoms with Crippen molar-refractivity contribution in [3.05, 3.63) is 69.0 Å². The number of aryl methyl sites for hydroxylation is 2. The van der Waals surface area contributed by atoms with Gasteiger partial charge in [-0.2, -0.15) is 0 Å². The zero-order valence-corrected chi connectivity index (χ0v) is 12.3. The molecule has 0 amide bonds. The fourth-order valence-electron chi connectivity index (χ4n) is 2.27. The molecular weight excluding hydrogens is 291 g/mol. The lowest BCUT2D eigenvalue weighted by Crippen LogP contribution is -2.21. The summed E-state index contributed by atoms with van der Waals surface area (Å²) in [6.07, 6.45) is 0. The van der Waals surface area contributed by atoms with Crippen LogP contribution in [-0.2, 0) is 0 Å². The average molecular weight is 303 g/mol. The molecule has 3 nitrogen and oxygen atoms in total. The predicted octanol–water partition coefficient (Wildman–Crippen LogP) is 3.80. The van der Waals surface area contributed by atoms with E-state index in [4.69, 9.17) is 11.6 Å². The molecule has 3 aromatic rings. The quantitative estimate of drug-likeness (QED) is 0.641. The molecule has 0 unspecified atom stereocenters. The van der Waals surface area contributed by atoms with Gasteiger partial charge in [-0.1, -0.05) is 17.7 Å². The minimum absolute atomic E-state index is 0.0564. The van der Waals surface area contributed by atoms with Crippen molar-refractivity contribution in [2.45, 2.75) is 13.8 Å². The second-order valence-corrected chi connectivity index (χ2v) is 5.33. The normalized spacial score (nSPS) is 11.0. The molecule has 0 atom stereocenters. The second kappa shape index (κ2) is 4.97. The Kier molecular flexibility index (Phi) is 3.26. The molecule has 3 rings (SSSR count). The van der Waals surface area contributed by atoms with E-state index in [1.807, 2.05) is 13.0 Å². The Bertz CT molecular complexity index is 918. The number of aromatic nitrogens is 2. The summed E-state index contributed by atoms with van der Waals surface area (Å²) >= 11 is 6.08. The number of nitrogens with zero attached hydrogens (tertiary/aromatic N) is 2. The maximum atomic E-state index is 14.1. The van der Waals surface area contributed by atoms with Gasteiger partial charge in [-0.3, -0.25) is 4.79 Å². The molecule has 0 saturated carbocycles. The molecule has 0 radical (unpaired) electrons. The molecule has 0 saturated heterocycles. The first-order valence-electron chi connectivity index (χ1n) is 6.43. The van der Waals surface area contributed by atoms with Crippen molar-refractivity contribution in [2.75, 3.05) is 0 Å². The predicted molar refractivity (Wildman–Crippen MR) is 81.8 cm³/mol. The number of benzene rings is 2. The molecule has 0 fully saturated rings. The first-order chi connectivity index (χ1) is 9.97. The molecule has 1 heterocycles. The smallest absolute Gasteiger partial charge is 0.267 e. The SMILES string of the molecule is Cc1ccc(-n2c(Cl)nc3ccc(C)cc3c2=O)c(F)c1. The topological polar surface area (TPSA) is 34.9 Å². The van der Waals surface area contributed by atoms with Crippen molar-refractivity contribution in [3.8, 4) is 5.69 Å². The number of hydrogen-bond donors (Lipinski definition) is 0. The van der Waals surface area contributed by atoms with E-state index in [1.54, 1.807) is 25.1 Å². The summed E-state index contributed by atoms with van der Waals surface area (Å²) in [5, 5.41) is 0.360. The highest BCUT2D eigenvalue weighted by Crippen LogP contribution is 2.20. The Balaban J connectivity index is 2.40. The van der Waals surface area contributed by atoms with E-state index < -0.39 is 5.82 Å². The maximum Gasteiger partial charge on any atom is 0.267 e. The van der Waals surface area contributed by atoms with E-state index in [2.05, 4.69) is 4.98 Å². The Morgan fingerprint density at radius 1 is 1.10 bits per heavy atom. The van der Waals surface area contributed by atoms with Crippen molar-refractivity contribution in [1.29, 1.82) is 0 Å². The van der Waals surface area contributed by atoms with Crippen LogP contribution in [-0.4, -0.2) is 9.55 Å². The standard InChI is InChI=1S/C16H12ClFN2O/c1-9-3-5-13-11(7-9)15(21)20(16(17)19-13)14-6-4-10(2)8-12(14)18/h3-8H,1-2H3. The fourth-order valence-corrected chi connectivity index (χ4v) is 2.53. The zero-order chi connectivity index (χ0) is 15.1. The molecular formula is C16H12ClFN2O. The summed E-state index contributed by atoms with van der Waals surface area (Å²) in [6, 6.07) is 9.92. The van der Waals surface area contributed by atoms with Crippen molar-refractivity contribution in [2.24, 2.45) is 0 Å². The summed E-state index contributed by atoms with van der Waals surface area (Å²) in [6.45, 7) is 3.66. The summed E-state index contributed by atoms with van der Waals surface area (Å²) in [5.74, 6) is -0.507. The van der Waals surface area contributed by atoms with Gasteiger partial charge in [0.15, 0.2) is 0 Å². The minimum Gasteiger partial charge on any atom is -0.268 e. The van der Waals surface area contributed by atoms with Crippen LogP contribution in [0.25, 0.3) is 16.6 Å². The van der Waals surface area contributed by atoms with Gasteiger partial charge in [0.2, 0.25) is 5.28 Å². The highest BCUT2D eigenvalue weighted by Gasteiger charge is 2.14. The van der Waals surface area contributed by atoms with Crippen LogP contribution in [0, 0.1) is 19.7 Å². The van der Waals surface area contributed by atoms with Crippen LogP contribution in [0.15, 0.2) is 41.2 Å². The van der Waals surface area contributed by atoms with Crippen LogP contribution in [0.2, 0.25) is 5.28 Å². The molecule has 1 aromatic heterocycles. The van der Waals surface area contributed by atoms with Gasteiger partial charge in [-0.25, -0.2) is 13.9 Å². The third-order valence-corrected chi connectivity index (χ3v) is 3.58. The zero-order valence-electron chi connectivity index (χ0n) is 11.5. The molecule has 5 heteroatoms. The maximum absolute atomic E-state index is 14.1. The van der Waals surface area contributed by atoms with Gasteiger partial charge in [-0.05, 0) is 55.3 Å². The number of hydrogen-bond acceptors (Lipinski definition) is 2. The molecule has 2 aromatic carbocycles. The Morgan fingerprint density at radius 3 is 2.48 bits per heavy atom. The molecule has 0 bridgehead atoms. The highest BCUT2D eigenvalue weighted by molar-refractivity contribution is 6.29. The first-order valence-corrected chi connectivity index (χ1v) is 6.80. The van der Waals surface area contributed by atoms with Crippen LogP contribution in [0.4, 0.5) is 4.39 Å². The van der Waals surface area contributed by atoms with Crippen LogP contribution in [0.3, 0.4) is 0 Å². The monoisotopic (exact) mass is 302 g/mol. The van der Waals surface area contributed by atoms with Gasteiger partial charge in [-0.15, -0.1) is 0 Å². The van der Waals surface area contributed by atoms with Crippen LogP contribution < -0.4 is 5.56 Å². The van der Waals surface area contributed by atoms with E-state index in [-0.39, 0.29) is 16.5 Å². The van der Waals surface area contributed by atoms with Gasteiger partial charge >= 0.3 is 0 Å². The molecule has 0 aliphatic carbocycles. The van der Waals surface area contributed by atoms with E-state index in [0.717, 1.165) is 15.7 Å². The van der Waals surface area contributed by atoms with E-state index >= 15 is 0 Å². The largest absolute Gasteiger partial charge is 0.268 e. The summed E-state index contributed by atoms with van der Waals surface area (Å²) < 4.78 is 15.2. The van der Waals surface area contributed by atoms with Crippen molar-refractivity contribution in [1.82, 2.24) is 9.55 Å². The molecule has 0 aliphatic rings. The van der Waals surface area contributed by atoms with Crippen molar-refractivity contribution >= 4 is 22.5 Å². The van der Waals surface area contributed by atoms with Crippen LogP contribution >= 0.6 is 11.6 Å². The Labute approximate surface area is 125 Å². The molecule has 106 valence electrons. The van der Waals surface area contributed by atoms with Crippen LogP contribution in [0.5, 0.6) is 0 Å². The molecule has 21 heavy (non-hydrogen) atoms. The number of fused-ring (bicyclic) bond motifs is 1. The van der Waals surface area contributed by atoms with E-state index in [1.165, 1.54) is 12.1 Å².